The SMILES string of the molecule is CS(=O)(=O)c1nc(Cl)c2c(n1)C(F)(F)CC2. The van der Waals surface area contributed by atoms with Gasteiger partial charge >= 0.3 is 0 Å². The summed E-state index contributed by atoms with van der Waals surface area (Å²) < 4.78 is 49.0. The third kappa shape index (κ3) is 1.78. The molecule has 0 aromatic carbocycles. The number of rotatable bonds is 1. The van der Waals surface area contributed by atoms with Gasteiger partial charge in [-0.25, -0.2) is 18.4 Å². The van der Waals surface area contributed by atoms with Gasteiger partial charge in [0.2, 0.25) is 15.0 Å². The Morgan fingerprint density at radius 3 is 2.56 bits per heavy atom. The molecule has 0 saturated carbocycles. The molecule has 0 spiro atoms. The number of fused-ring (bicyclic) bond motifs is 1. The lowest BCUT2D eigenvalue weighted by Crippen LogP contribution is -2.14. The second-order valence-electron chi connectivity index (χ2n) is 3.60. The van der Waals surface area contributed by atoms with E-state index in [1.54, 1.807) is 0 Å². The van der Waals surface area contributed by atoms with Crippen molar-refractivity contribution in [3.05, 3.63) is 16.4 Å². The highest BCUT2D eigenvalue weighted by Gasteiger charge is 2.43. The lowest BCUT2D eigenvalue weighted by Gasteiger charge is -2.09. The number of hydrogen-bond donors (Lipinski definition) is 0. The fraction of sp³-hybridized carbons (Fsp3) is 0.500. The minimum atomic E-state index is -3.74. The molecule has 0 aliphatic heterocycles. The Morgan fingerprint density at radius 1 is 1.38 bits per heavy atom. The molecule has 16 heavy (non-hydrogen) atoms. The molecule has 1 aromatic heterocycles. The third-order valence-electron chi connectivity index (χ3n) is 2.30. The van der Waals surface area contributed by atoms with Crippen LogP contribution in [-0.4, -0.2) is 24.6 Å². The van der Waals surface area contributed by atoms with Crippen molar-refractivity contribution in [1.82, 2.24) is 9.97 Å². The van der Waals surface area contributed by atoms with Gasteiger partial charge in [-0.1, -0.05) is 11.6 Å². The average molecular weight is 269 g/mol. The third-order valence-corrected chi connectivity index (χ3v) is 3.46. The fourth-order valence-electron chi connectivity index (χ4n) is 1.53. The molecule has 8 heteroatoms. The molecule has 0 fully saturated rings. The summed E-state index contributed by atoms with van der Waals surface area (Å²) in [6.45, 7) is 0. The Balaban J connectivity index is 2.71. The van der Waals surface area contributed by atoms with Gasteiger partial charge in [0.25, 0.3) is 5.92 Å². The van der Waals surface area contributed by atoms with Crippen molar-refractivity contribution in [2.75, 3.05) is 6.26 Å². The quantitative estimate of drug-likeness (QED) is 0.573. The van der Waals surface area contributed by atoms with E-state index in [2.05, 4.69) is 9.97 Å². The van der Waals surface area contributed by atoms with Crippen LogP contribution >= 0.6 is 11.6 Å². The van der Waals surface area contributed by atoms with Gasteiger partial charge in [0.15, 0.2) is 0 Å². The summed E-state index contributed by atoms with van der Waals surface area (Å²) in [5.74, 6) is -3.12. The lowest BCUT2D eigenvalue weighted by molar-refractivity contribution is -0.00653. The van der Waals surface area contributed by atoms with E-state index in [-0.39, 0.29) is 17.1 Å². The van der Waals surface area contributed by atoms with Crippen LogP contribution in [0.5, 0.6) is 0 Å². The molecule has 1 heterocycles. The summed E-state index contributed by atoms with van der Waals surface area (Å²) in [6.07, 6.45) is 0.493. The molecule has 0 atom stereocenters. The number of halogens is 3. The first kappa shape index (κ1) is 11.7. The van der Waals surface area contributed by atoms with E-state index in [1.807, 2.05) is 0 Å². The lowest BCUT2D eigenvalue weighted by atomic mass is 10.2. The van der Waals surface area contributed by atoms with E-state index >= 15 is 0 Å². The number of aromatic nitrogens is 2. The van der Waals surface area contributed by atoms with Crippen LogP contribution in [0.1, 0.15) is 17.7 Å². The summed E-state index contributed by atoms with van der Waals surface area (Å²) >= 11 is 5.66. The first-order chi connectivity index (χ1) is 7.22. The van der Waals surface area contributed by atoms with E-state index in [4.69, 9.17) is 11.6 Å². The van der Waals surface area contributed by atoms with Crippen molar-refractivity contribution in [2.45, 2.75) is 23.9 Å². The van der Waals surface area contributed by atoms with Crippen LogP contribution in [-0.2, 0) is 22.2 Å². The van der Waals surface area contributed by atoms with Crippen molar-refractivity contribution in [1.29, 1.82) is 0 Å². The average Bonchev–Trinajstić information content (AvgIpc) is 2.41. The second-order valence-corrected chi connectivity index (χ2v) is 5.87. The first-order valence-corrected chi connectivity index (χ1v) is 6.63. The minimum absolute atomic E-state index is 0.0607. The Bertz CT molecular complexity index is 559. The summed E-state index contributed by atoms with van der Waals surface area (Å²) in [7, 11) is -3.74. The Kier molecular flexibility index (Phi) is 2.43. The van der Waals surface area contributed by atoms with Crippen LogP contribution in [0.4, 0.5) is 8.78 Å². The van der Waals surface area contributed by atoms with Crippen molar-refractivity contribution in [3.63, 3.8) is 0 Å². The minimum Gasteiger partial charge on any atom is -0.221 e. The van der Waals surface area contributed by atoms with E-state index < -0.39 is 33.0 Å². The maximum absolute atomic E-state index is 13.3. The number of nitrogens with zero attached hydrogens (tertiary/aromatic N) is 2. The van der Waals surface area contributed by atoms with Crippen LogP contribution in [0, 0.1) is 0 Å². The van der Waals surface area contributed by atoms with Crippen LogP contribution in [0.3, 0.4) is 0 Å². The van der Waals surface area contributed by atoms with Gasteiger partial charge in [-0.2, -0.15) is 8.78 Å². The Hall–Kier alpha value is -0.820. The molecule has 4 nitrogen and oxygen atoms in total. The van der Waals surface area contributed by atoms with Crippen molar-refractivity contribution in [2.24, 2.45) is 0 Å². The standard InChI is InChI=1S/C8H7ClF2N2O2S/c1-16(14,15)7-12-5-4(6(9)13-7)2-3-8(5,10)11/h2-3H2,1H3. The highest BCUT2D eigenvalue weighted by Crippen LogP contribution is 2.42. The highest BCUT2D eigenvalue weighted by atomic mass is 35.5. The van der Waals surface area contributed by atoms with Gasteiger partial charge in [0.05, 0.1) is 0 Å². The molecular formula is C8H7ClF2N2O2S. The molecule has 0 unspecified atom stereocenters. The van der Waals surface area contributed by atoms with Gasteiger partial charge in [-0.15, -0.1) is 0 Å². The number of hydrogen-bond acceptors (Lipinski definition) is 4. The van der Waals surface area contributed by atoms with Gasteiger partial charge in [-0.3, -0.25) is 0 Å². The zero-order valence-electron chi connectivity index (χ0n) is 8.17. The van der Waals surface area contributed by atoms with E-state index in [9.17, 15) is 17.2 Å². The van der Waals surface area contributed by atoms with Gasteiger partial charge in [0.1, 0.15) is 10.8 Å². The molecule has 1 aromatic rings. The first-order valence-electron chi connectivity index (χ1n) is 4.36. The summed E-state index contributed by atoms with van der Waals surface area (Å²) in [6, 6.07) is 0. The Labute approximate surface area is 95.6 Å². The monoisotopic (exact) mass is 268 g/mol. The molecule has 88 valence electrons. The fourth-order valence-corrected chi connectivity index (χ4v) is 2.36. The maximum Gasteiger partial charge on any atom is 0.290 e. The van der Waals surface area contributed by atoms with Crippen molar-refractivity contribution >= 4 is 21.4 Å². The Morgan fingerprint density at radius 2 is 2.00 bits per heavy atom. The molecule has 0 N–H and O–H groups in total. The predicted molar refractivity (Wildman–Crippen MR) is 52.4 cm³/mol. The molecule has 0 radical (unpaired) electrons. The summed E-state index contributed by atoms with van der Waals surface area (Å²) in [4.78, 5) is 6.92. The largest absolute Gasteiger partial charge is 0.290 e. The number of sulfone groups is 1. The van der Waals surface area contributed by atoms with Gasteiger partial charge in [0, 0.05) is 18.2 Å². The number of alkyl halides is 2. The second kappa shape index (κ2) is 3.33. The van der Waals surface area contributed by atoms with E-state index in [1.165, 1.54) is 0 Å². The summed E-state index contributed by atoms with van der Waals surface area (Å²) in [5, 5.41) is -0.861. The van der Waals surface area contributed by atoms with Crippen LogP contribution in [0.15, 0.2) is 5.16 Å². The van der Waals surface area contributed by atoms with Gasteiger partial charge < -0.3 is 0 Å². The van der Waals surface area contributed by atoms with Crippen molar-refractivity contribution < 1.29 is 17.2 Å². The van der Waals surface area contributed by atoms with Crippen LogP contribution < -0.4 is 0 Å². The normalized spacial score (nSPS) is 18.5. The predicted octanol–water partition coefficient (Wildman–Crippen LogP) is 1.57. The topological polar surface area (TPSA) is 59.9 Å². The van der Waals surface area contributed by atoms with Crippen LogP contribution in [0.25, 0.3) is 0 Å². The maximum atomic E-state index is 13.3. The smallest absolute Gasteiger partial charge is 0.221 e. The zero-order chi connectivity index (χ0) is 12.1. The molecule has 1 aliphatic rings. The molecule has 2 rings (SSSR count). The summed E-state index contributed by atoms with van der Waals surface area (Å²) in [5.41, 5.74) is -0.424. The molecule has 1 aliphatic carbocycles. The van der Waals surface area contributed by atoms with E-state index in [0.29, 0.717) is 0 Å². The van der Waals surface area contributed by atoms with Crippen LogP contribution in [0.2, 0.25) is 5.15 Å². The molecule has 0 amide bonds. The van der Waals surface area contributed by atoms with Gasteiger partial charge in [-0.05, 0) is 6.42 Å². The molecular weight excluding hydrogens is 262 g/mol. The molecule has 0 bridgehead atoms. The zero-order valence-corrected chi connectivity index (χ0v) is 9.74. The van der Waals surface area contributed by atoms with E-state index in [0.717, 1.165) is 6.26 Å². The highest BCUT2D eigenvalue weighted by molar-refractivity contribution is 7.90. The molecule has 0 saturated heterocycles. The van der Waals surface area contributed by atoms with Crippen molar-refractivity contribution in [3.8, 4) is 0 Å².